The van der Waals surface area contributed by atoms with Crippen molar-refractivity contribution in [1.29, 1.82) is 0 Å². The number of hydrogen-bond donors (Lipinski definition) is 0. The molecule has 5 rings (SSSR count). The lowest BCUT2D eigenvalue weighted by Crippen LogP contribution is -2.31. The number of fused-ring (bicyclic) bond motifs is 3. The number of rotatable bonds is 2. The summed E-state index contributed by atoms with van der Waals surface area (Å²) >= 11 is 0. The molecule has 0 N–H and O–H groups in total. The molecule has 5 heteroatoms. The van der Waals surface area contributed by atoms with Crippen LogP contribution in [-0.2, 0) is 7.05 Å². The van der Waals surface area contributed by atoms with E-state index in [0.717, 1.165) is 61.4 Å². The maximum absolute atomic E-state index is 13.8. The topological polar surface area (TPSA) is 42.8 Å². The van der Waals surface area contributed by atoms with Gasteiger partial charge in [-0.15, -0.1) is 0 Å². The molecule has 3 heterocycles. The van der Waals surface area contributed by atoms with Crippen LogP contribution in [0.2, 0.25) is 0 Å². The second-order valence-corrected chi connectivity index (χ2v) is 8.22. The van der Waals surface area contributed by atoms with E-state index in [0.29, 0.717) is 5.58 Å². The van der Waals surface area contributed by atoms with Crippen molar-refractivity contribution in [3.63, 3.8) is 0 Å². The molecule has 0 aliphatic rings. The van der Waals surface area contributed by atoms with Gasteiger partial charge >= 0.3 is 0 Å². The summed E-state index contributed by atoms with van der Waals surface area (Å²) in [4.78, 5) is 9.14. The first-order chi connectivity index (χ1) is 14.8. The number of benzene rings is 2. The summed E-state index contributed by atoms with van der Waals surface area (Å²) in [6.45, 7) is 8.17. The Labute approximate surface area is 180 Å². The largest absolute Gasteiger partial charge is 0.455 e. The van der Waals surface area contributed by atoms with E-state index in [1.165, 1.54) is 12.1 Å². The van der Waals surface area contributed by atoms with Crippen LogP contribution in [0, 0.1) is 33.5 Å². The van der Waals surface area contributed by atoms with Crippen LogP contribution in [0.4, 0.5) is 4.39 Å². The summed E-state index contributed by atoms with van der Waals surface area (Å²) in [6.07, 6.45) is 1.83. The Morgan fingerprint density at radius 1 is 0.903 bits per heavy atom. The minimum absolute atomic E-state index is 0.304. The normalized spacial score (nSPS) is 11.5. The quantitative estimate of drug-likeness (QED) is 0.339. The van der Waals surface area contributed by atoms with Crippen molar-refractivity contribution >= 4 is 21.9 Å². The third-order valence-corrected chi connectivity index (χ3v) is 5.90. The number of nitrogens with zero attached hydrogens (tertiary/aromatic N) is 3. The molecule has 0 aliphatic heterocycles. The second-order valence-electron chi connectivity index (χ2n) is 8.22. The highest BCUT2D eigenvalue weighted by Gasteiger charge is 2.22. The minimum atomic E-state index is -0.304. The molecule has 0 aliphatic carbocycles. The summed E-state index contributed by atoms with van der Waals surface area (Å²) in [6, 6.07) is 13.0. The van der Waals surface area contributed by atoms with E-state index in [9.17, 15) is 4.39 Å². The van der Waals surface area contributed by atoms with E-state index in [1.807, 2.05) is 43.9 Å². The highest BCUT2D eigenvalue weighted by atomic mass is 19.1. The van der Waals surface area contributed by atoms with Gasteiger partial charge in [0.1, 0.15) is 22.7 Å². The van der Waals surface area contributed by atoms with Crippen LogP contribution in [-0.4, -0.2) is 9.97 Å². The van der Waals surface area contributed by atoms with Gasteiger partial charge in [0, 0.05) is 39.9 Å². The molecule has 4 nitrogen and oxygen atoms in total. The molecule has 0 saturated heterocycles. The van der Waals surface area contributed by atoms with Crippen molar-refractivity contribution < 1.29 is 13.4 Å². The van der Waals surface area contributed by atoms with E-state index in [1.54, 1.807) is 6.07 Å². The molecule has 0 unspecified atom stereocenters. The molecule has 0 amide bonds. The number of aryl methyl sites for hydroxylation is 4. The SMILES string of the molecule is Cc1cc(-c2cc(-c3c(C)c(C)cc4c3oc3cc(F)ccc34)[n+](C)cn2)cc(C)n1. The lowest BCUT2D eigenvalue weighted by atomic mass is 9.96. The summed E-state index contributed by atoms with van der Waals surface area (Å²) in [5.41, 5.74) is 9.41. The predicted octanol–water partition coefficient (Wildman–Crippen LogP) is 5.91. The first-order valence-electron chi connectivity index (χ1n) is 10.3. The molecule has 2 aromatic carbocycles. The van der Waals surface area contributed by atoms with Crippen molar-refractivity contribution in [2.24, 2.45) is 7.05 Å². The lowest BCUT2D eigenvalue weighted by molar-refractivity contribution is -0.663. The fourth-order valence-electron chi connectivity index (χ4n) is 4.29. The van der Waals surface area contributed by atoms with Gasteiger partial charge in [-0.05, 0) is 74.1 Å². The highest BCUT2D eigenvalue weighted by molar-refractivity contribution is 6.10. The lowest BCUT2D eigenvalue weighted by Gasteiger charge is -2.11. The van der Waals surface area contributed by atoms with Crippen LogP contribution in [0.5, 0.6) is 0 Å². The number of aromatic nitrogens is 3. The molecule has 154 valence electrons. The molecular formula is C26H23FN3O+. The Hall–Kier alpha value is -3.60. The van der Waals surface area contributed by atoms with Crippen molar-refractivity contribution in [2.45, 2.75) is 27.7 Å². The summed E-state index contributed by atoms with van der Waals surface area (Å²) < 4.78 is 22.0. The predicted molar refractivity (Wildman–Crippen MR) is 120 cm³/mol. The van der Waals surface area contributed by atoms with E-state index in [-0.39, 0.29) is 5.82 Å². The van der Waals surface area contributed by atoms with Crippen LogP contribution in [0.15, 0.2) is 53.2 Å². The van der Waals surface area contributed by atoms with E-state index < -0.39 is 0 Å². The fraction of sp³-hybridized carbons (Fsp3) is 0.192. The molecular weight excluding hydrogens is 389 g/mol. The molecule has 0 fully saturated rings. The Morgan fingerprint density at radius 3 is 2.39 bits per heavy atom. The summed E-state index contributed by atoms with van der Waals surface area (Å²) in [5, 5.41) is 1.90. The van der Waals surface area contributed by atoms with Crippen molar-refractivity contribution in [3.05, 3.63) is 77.1 Å². The molecule has 3 aromatic heterocycles. The maximum atomic E-state index is 13.8. The maximum Gasteiger partial charge on any atom is 0.287 e. The van der Waals surface area contributed by atoms with Crippen molar-refractivity contribution in [2.75, 3.05) is 0 Å². The first kappa shape index (κ1) is 19.4. The van der Waals surface area contributed by atoms with Gasteiger partial charge in [-0.3, -0.25) is 4.98 Å². The van der Waals surface area contributed by atoms with Crippen LogP contribution >= 0.6 is 0 Å². The number of furan rings is 1. The summed E-state index contributed by atoms with van der Waals surface area (Å²) in [7, 11) is 1.98. The zero-order valence-corrected chi connectivity index (χ0v) is 18.2. The number of pyridine rings is 1. The first-order valence-corrected chi connectivity index (χ1v) is 10.3. The number of halogens is 1. The Morgan fingerprint density at radius 2 is 1.65 bits per heavy atom. The van der Waals surface area contributed by atoms with E-state index in [4.69, 9.17) is 4.42 Å². The van der Waals surface area contributed by atoms with Crippen molar-refractivity contribution in [3.8, 4) is 22.5 Å². The smallest absolute Gasteiger partial charge is 0.287 e. The average Bonchev–Trinajstić information content (AvgIpc) is 3.05. The molecule has 0 atom stereocenters. The Bertz CT molecular complexity index is 1480. The molecule has 5 aromatic rings. The highest BCUT2D eigenvalue weighted by Crippen LogP contribution is 2.39. The number of hydrogen-bond acceptors (Lipinski definition) is 3. The van der Waals surface area contributed by atoms with Gasteiger partial charge in [0.25, 0.3) is 6.33 Å². The average molecular weight is 412 g/mol. The van der Waals surface area contributed by atoms with Gasteiger partial charge < -0.3 is 4.42 Å². The third kappa shape index (κ3) is 3.17. The Balaban J connectivity index is 1.83. The Kier molecular flexibility index (Phi) is 4.36. The fourth-order valence-corrected chi connectivity index (χ4v) is 4.29. The van der Waals surface area contributed by atoms with Gasteiger partial charge in [-0.2, -0.15) is 0 Å². The molecule has 0 spiro atoms. The molecule has 0 radical (unpaired) electrons. The molecule has 0 bridgehead atoms. The van der Waals surface area contributed by atoms with Gasteiger partial charge in [0.05, 0.1) is 12.6 Å². The molecule has 31 heavy (non-hydrogen) atoms. The van der Waals surface area contributed by atoms with Crippen LogP contribution in [0.25, 0.3) is 44.5 Å². The minimum Gasteiger partial charge on any atom is -0.455 e. The van der Waals surface area contributed by atoms with Gasteiger partial charge in [-0.1, -0.05) is 0 Å². The van der Waals surface area contributed by atoms with Gasteiger partial charge in [0.15, 0.2) is 5.69 Å². The standard InChI is InChI=1S/C26H23FN3O/c1-14-8-21-20-7-6-19(27)11-24(20)31-26(21)25(17(14)4)23-12-22(28-13-30(23)5)18-9-15(2)29-16(3)10-18/h6-13H,1-5H3/q+1. The second kappa shape index (κ2) is 6.98. The van der Waals surface area contributed by atoms with E-state index in [2.05, 4.69) is 35.9 Å². The monoisotopic (exact) mass is 412 g/mol. The van der Waals surface area contributed by atoms with Gasteiger partial charge in [-0.25, -0.2) is 8.96 Å². The van der Waals surface area contributed by atoms with Crippen LogP contribution < -0.4 is 4.57 Å². The van der Waals surface area contributed by atoms with E-state index >= 15 is 0 Å². The third-order valence-electron chi connectivity index (χ3n) is 5.90. The van der Waals surface area contributed by atoms with Crippen LogP contribution in [0.3, 0.4) is 0 Å². The van der Waals surface area contributed by atoms with Gasteiger partial charge in [0.2, 0.25) is 0 Å². The zero-order chi connectivity index (χ0) is 21.9. The molecule has 0 saturated carbocycles. The van der Waals surface area contributed by atoms with Crippen molar-refractivity contribution in [1.82, 2.24) is 9.97 Å². The van der Waals surface area contributed by atoms with Crippen LogP contribution in [0.1, 0.15) is 22.5 Å². The summed E-state index contributed by atoms with van der Waals surface area (Å²) in [5.74, 6) is -0.304. The zero-order valence-electron chi connectivity index (χ0n) is 18.2.